The minimum absolute atomic E-state index is 0.813. The number of nitrogens with zero attached hydrogens (tertiary/aromatic N) is 3. The third-order valence-electron chi connectivity index (χ3n) is 5.77. The molecule has 0 saturated heterocycles. The standard InChI is InChI=1S/C26H33N3S/c1-7-8-16(2)24(17(3)26-20(6)28-18(4)19(5)29-26)12-11-22-14-23(13-21-9-10-21)27-15-25(22)30/h11-12,14-15,21,30H,3,7-10,13H2,1-2,4-6H3/b12-11+,24-16+. The molecule has 2 heterocycles. The molecule has 158 valence electrons. The van der Waals surface area contributed by atoms with Gasteiger partial charge < -0.3 is 0 Å². The van der Waals surface area contributed by atoms with Gasteiger partial charge in [-0.05, 0) is 76.5 Å². The molecule has 1 fully saturated rings. The lowest BCUT2D eigenvalue weighted by molar-refractivity contribution is 0.801. The van der Waals surface area contributed by atoms with E-state index >= 15 is 0 Å². The fraction of sp³-hybridized carbons (Fsp3) is 0.423. The summed E-state index contributed by atoms with van der Waals surface area (Å²) >= 11 is 4.64. The predicted molar refractivity (Wildman–Crippen MR) is 130 cm³/mol. The van der Waals surface area contributed by atoms with Crippen molar-refractivity contribution in [1.29, 1.82) is 0 Å². The van der Waals surface area contributed by atoms with Crippen molar-refractivity contribution < 1.29 is 0 Å². The van der Waals surface area contributed by atoms with Gasteiger partial charge in [0.1, 0.15) is 0 Å². The Kier molecular flexibility index (Phi) is 7.30. The van der Waals surface area contributed by atoms with Crippen molar-refractivity contribution in [3.63, 3.8) is 0 Å². The number of aryl methyl sites for hydroxylation is 3. The fourth-order valence-corrected chi connectivity index (χ4v) is 3.88. The second-order valence-electron chi connectivity index (χ2n) is 8.47. The highest BCUT2D eigenvalue weighted by Gasteiger charge is 2.22. The third-order valence-corrected chi connectivity index (χ3v) is 6.15. The molecule has 30 heavy (non-hydrogen) atoms. The zero-order valence-electron chi connectivity index (χ0n) is 18.9. The Balaban J connectivity index is 1.96. The summed E-state index contributed by atoms with van der Waals surface area (Å²) in [6, 6.07) is 2.17. The van der Waals surface area contributed by atoms with Gasteiger partial charge in [-0.25, -0.2) is 4.98 Å². The number of thiol groups is 1. The number of pyridine rings is 1. The molecule has 3 nitrogen and oxygen atoms in total. The molecule has 1 saturated carbocycles. The summed E-state index contributed by atoms with van der Waals surface area (Å²) in [6.07, 6.45) is 12.0. The molecule has 0 amide bonds. The van der Waals surface area contributed by atoms with Crippen LogP contribution in [-0.2, 0) is 6.42 Å². The molecular weight excluding hydrogens is 386 g/mol. The number of rotatable bonds is 8. The predicted octanol–water partition coefficient (Wildman–Crippen LogP) is 6.88. The van der Waals surface area contributed by atoms with Crippen LogP contribution < -0.4 is 0 Å². The van der Waals surface area contributed by atoms with Crippen molar-refractivity contribution in [2.45, 2.75) is 71.6 Å². The number of allylic oxidation sites excluding steroid dienone is 4. The molecule has 0 spiro atoms. The Bertz CT molecular complexity index is 1010. The largest absolute Gasteiger partial charge is 0.260 e. The van der Waals surface area contributed by atoms with Gasteiger partial charge in [0, 0.05) is 22.4 Å². The molecule has 0 radical (unpaired) electrons. The first-order valence-electron chi connectivity index (χ1n) is 10.9. The number of hydrogen-bond acceptors (Lipinski definition) is 4. The van der Waals surface area contributed by atoms with Gasteiger partial charge in [0.2, 0.25) is 0 Å². The Hall–Kier alpha value is -2.20. The average molecular weight is 420 g/mol. The zero-order chi connectivity index (χ0) is 21.8. The van der Waals surface area contributed by atoms with E-state index in [1.807, 2.05) is 27.0 Å². The molecular formula is C26H33N3S. The summed E-state index contributed by atoms with van der Waals surface area (Å²) in [5.41, 5.74) is 9.34. The van der Waals surface area contributed by atoms with E-state index in [9.17, 15) is 0 Å². The second kappa shape index (κ2) is 9.74. The van der Waals surface area contributed by atoms with Crippen molar-refractivity contribution in [3.05, 3.63) is 70.1 Å². The monoisotopic (exact) mass is 419 g/mol. The summed E-state index contributed by atoms with van der Waals surface area (Å²) in [5, 5.41) is 0. The molecule has 1 aliphatic rings. The maximum atomic E-state index is 4.81. The molecule has 2 aromatic rings. The smallest absolute Gasteiger partial charge is 0.0917 e. The highest BCUT2D eigenvalue weighted by atomic mass is 32.1. The van der Waals surface area contributed by atoms with E-state index in [1.165, 1.54) is 18.4 Å². The van der Waals surface area contributed by atoms with Gasteiger partial charge in [-0.2, -0.15) is 0 Å². The molecule has 3 rings (SSSR count). The molecule has 1 aliphatic carbocycles. The normalized spacial score (nSPS) is 14.9. The zero-order valence-corrected chi connectivity index (χ0v) is 19.8. The van der Waals surface area contributed by atoms with E-state index in [1.54, 1.807) is 0 Å². The average Bonchev–Trinajstić information content (AvgIpc) is 3.51. The molecule has 4 heteroatoms. The maximum Gasteiger partial charge on any atom is 0.0917 e. The SMILES string of the molecule is C=C(C(/C=C/c1cc(CC2CC2)ncc1S)=C(\C)CCC)c1nc(C)c(C)nc1C. The van der Waals surface area contributed by atoms with Gasteiger partial charge in [0.25, 0.3) is 0 Å². The van der Waals surface area contributed by atoms with Gasteiger partial charge in [-0.15, -0.1) is 12.6 Å². The van der Waals surface area contributed by atoms with Crippen molar-refractivity contribution in [1.82, 2.24) is 15.0 Å². The maximum absolute atomic E-state index is 4.81. The summed E-state index contributed by atoms with van der Waals surface area (Å²) in [6.45, 7) is 14.8. The molecule has 2 aromatic heterocycles. The Labute approximate surface area is 186 Å². The van der Waals surface area contributed by atoms with Crippen LogP contribution in [0.1, 0.15) is 73.6 Å². The number of aromatic nitrogens is 3. The van der Waals surface area contributed by atoms with Crippen LogP contribution in [-0.4, -0.2) is 15.0 Å². The summed E-state index contributed by atoms with van der Waals surface area (Å²) in [4.78, 5) is 14.9. The van der Waals surface area contributed by atoms with Gasteiger partial charge in [0.15, 0.2) is 0 Å². The highest BCUT2D eigenvalue weighted by molar-refractivity contribution is 7.80. The van der Waals surface area contributed by atoms with E-state index in [2.05, 4.69) is 61.2 Å². The van der Waals surface area contributed by atoms with E-state index in [-0.39, 0.29) is 0 Å². The first-order chi connectivity index (χ1) is 14.3. The van der Waals surface area contributed by atoms with Crippen molar-refractivity contribution >= 4 is 24.3 Å². The quantitative estimate of drug-likeness (QED) is 0.374. The van der Waals surface area contributed by atoms with Crippen LogP contribution in [0.3, 0.4) is 0 Å². The second-order valence-corrected chi connectivity index (χ2v) is 8.95. The lowest BCUT2D eigenvalue weighted by atomic mass is 9.94. The van der Waals surface area contributed by atoms with E-state index in [0.717, 1.165) is 75.3 Å². The molecule has 0 unspecified atom stereocenters. The number of hydrogen-bond donors (Lipinski definition) is 1. The third kappa shape index (κ3) is 5.48. The lowest BCUT2D eigenvalue weighted by Gasteiger charge is -2.15. The van der Waals surface area contributed by atoms with Crippen LogP contribution in [0.4, 0.5) is 0 Å². The van der Waals surface area contributed by atoms with E-state index in [0.29, 0.717) is 0 Å². The molecule has 0 N–H and O–H groups in total. The summed E-state index contributed by atoms with van der Waals surface area (Å²) in [7, 11) is 0. The van der Waals surface area contributed by atoms with E-state index < -0.39 is 0 Å². The Morgan fingerprint density at radius 1 is 1.17 bits per heavy atom. The molecule has 0 aromatic carbocycles. The van der Waals surface area contributed by atoms with Gasteiger partial charge in [-0.3, -0.25) is 9.97 Å². The van der Waals surface area contributed by atoms with Crippen molar-refractivity contribution in [2.24, 2.45) is 5.92 Å². The molecule has 0 aliphatic heterocycles. The summed E-state index contributed by atoms with van der Waals surface area (Å²) in [5.74, 6) is 0.813. The minimum Gasteiger partial charge on any atom is -0.260 e. The van der Waals surface area contributed by atoms with E-state index in [4.69, 9.17) is 4.98 Å². The molecule has 0 atom stereocenters. The van der Waals surface area contributed by atoms with Gasteiger partial charge in [-0.1, -0.05) is 37.6 Å². The highest BCUT2D eigenvalue weighted by Crippen LogP contribution is 2.33. The van der Waals surface area contributed by atoms with Crippen molar-refractivity contribution in [2.75, 3.05) is 0 Å². The van der Waals surface area contributed by atoms with Crippen LogP contribution in [0, 0.1) is 26.7 Å². The van der Waals surface area contributed by atoms with Gasteiger partial charge in [0.05, 0.1) is 22.8 Å². The molecule has 0 bridgehead atoms. The van der Waals surface area contributed by atoms with Gasteiger partial charge >= 0.3 is 0 Å². The van der Waals surface area contributed by atoms with Crippen LogP contribution in [0.2, 0.25) is 0 Å². The summed E-state index contributed by atoms with van der Waals surface area (Å²) < 4.78 is 0. The fourth-order valence-electron chi connectivity index (χ4n) is 3.68. The Morgan fingerprint density at radius 3 is 2.53 bits per heavy atom. The lowest BCUT2D eigenvalue weighted by Crippen LogP contribution is -2.03. The van der Waals surface area contributed by atoms with Crippen molar-refractivity contribution in [3.8, 4) is 0 Å². The minimum atomic E-state index is 0.813. The first-order valence-corrected chi connectivity index (χ1v) is 11.3. The topological polar surface area (TPSA) is 38.7 Å². The van der Waals surface area contributed by atoms with Crippen LogP contribution in [0.5, 0.6) is 0 Å². The van der Waals surface area contributed by atoms with Crippen LogP contribution in [0.25, 0.3) is 11.6 Å². The van der Waals surface area contributed by atoms with Crippen LogP contribution in [0.15, 0.2) is 41.0 Å². The first kappa shape index (κ1) is 22.5. The Morgan fingerprint density at radius 2 is 1.87 bits per heavy atom. The van der Waals surface area contributed by atoms with Crippen LogP contribution >= 0.6 is 12.6 Å².